The van der Waals surface area contributed by atoms with Crippen LogP contribution in [0.2, 0.25) is 0 Å². The molecule has 10 heteroatoms. The number of ether oxygens (including phenoxy) is 1. The summed E-state index contributed by atoms with van der Waals surface area (Å²) in [5, 5.41) is 7.81. The summed E-state index contributed by atoms with van der Waals surface area (Å²) in [6.07, 6.45) is -0.339. The molecular formula is C20H26N4O6. The van der Waals surface area contributed by atoms with Crippen molar-refractivity contribution in [2.75, 3.05) is 17.2 Å². The molecule has 1 saturated heterocycles. The van der Waals surface area contributed by atoms with Crippen molar-refractivity contribution in [1.82, 2.24) is 10.2 Å². The fourth-order valence-corrected chi connectivity index (χ4v) is 3.05. The second-order valence-electron chi connectivity index (χ2n) is 6.99. The van der Waals surface area contributed by atoms with Crippen LogP contribution in [0, 0.1) is 0 Å². The van der Waals surface area contributed by atoms with Gasteiger partial charge in [-0.25, -0.2) is 4.79 Å². The Balaban J connectivity index is 1.91. The number of amides is 5. The van der Waals surface area contributed by atoms with Crippen molar-refractivity contribution in [2.45, 2.75) is 52.2 Å². The van der Waals surface area contributed by atoms with Crippen molar-refractivity contribution < 1.29 is 28.7 Å². The number of hydrogen-bond acceptors (Lipinski definition) is 6. The molecule has 10 nitrogen and oxygen atoms in total. The van der Waals surface area contributed by atoms with E-state index in [4.69, 9.17) is 4.74 Å². The van der Waals surface area contributed by atoms with Crippen LogP contribution in [-0.4, -0.2) is 52.8 Å². The van der Waals surface area contributed by atoms with E-state index in [1.807, 2.05) is 0 Å². The predicted molar refractivity (Wildman–Crippen MR) is 108 cm³/mol. The summed E-state index contributed by atoms with van der Waals surface area (Å²) < 4.78 is 5.07. The molecule has 1 aromatic carbocycles. The Hall–Kier alpha value is -3.43. The minimum Gasteiger partial charge on any atom is -0.451 e. The number of benzene rings is 1. The van der Waals surface area contributed by atoms with Crippen molar-refractivity contribution in [3.05, 3.63) is 24.3 Å². The molecule has 0 bridgehead atoms. The second kappa shape index (κ2) is 9.38. The van der Waals surface area contributed by atoms with Crippen LogP contribution in [0.3, 0.4) is 0 Å². The second-order valence-corrected chi connectivity index (χ2v) is 6.99. The minimum atomic E-state index is -1.14. The first kappa shape index (κ1) is 22.9. The number of esters is 1. The Labute approximate surface area is 174 Å². The predicted octanol–water partition coefficient (Wildman–Crippen LogP) is 1.63. The number of rotatable bonds is 8. The van der Waals surface area contributed by atoms with Gasteiger partial charge in [-0.2, -0.15) is 0 Å². The van der Waals surface area contributed by atoms with Crippen molar-refractivity contribution >= 4 is 41.1 Å². The molecular weight excluding hydrogens is 392 g/mol. The summed E-state index contributed by atoms with van der Waals surface area (Å²) in [5.74, 6) is -2.15. The van der Waals surface area contributed by atoms with Crippen LogP contribution in [-0.2, 0) is 23.9 Å². The fourth-order valence-electron chi connectivity index (χ4n) is 3.05. The third kappa shape index (κ3) is 5.13. The van der Waals surface area contributed by atoms with Crippen LogP contribution in [0.4, 0.5) is 16.2 Å². The van der Waals surface area contributed by atoms with E-state index in [0.717, 1.165) is 4.90 Å². The standard InChI is InChI=1S/C20H26N4O6/c1-5-20(6-2)18(28)24(19(29)23-20)11-16(26)30-12(3)17(27)22-15-9-7-14(8-10-15)21-13(4)25/h7-10,12H,5-6,11H2,1-4H3,(H,21,25)(H,22,27)(H,23,29)/t12-/m0/s1. The van der Waals surface area contributed by atoms with Crippen molar-refractivity contribution in [3.8, 4) is 0 Å². The van der Waals surface area contributed by atoms with Crippen LogP contribution < -0.4 is 16.0 Å². The molecule has 162 valence electrons. The zero-order valence-corrected chi connectivity index (χ0v) is 17.4. The zero-order chi connectivity index (χ0) is 22.5. The van der Waals surface area contributed by atoms with Crippen LogP contribution in [0.5, 0.6) is 0 Å². The highest BCUT2D eigenvalue weighted by atomic mass is 16.5. The average Bonchev–Trinajstić information content (AvgIpc) is 2.93. The Morgan fingerprint density at radius 2 is 1.60 bits per heavy atom. The van der Waals surface area contributed by atoms with Gasteiger partial charge in [0.1, 0.15) is 12.1 Å². The number of urea groups is 1. The quantitative estimate of drug-likeness (QED) is 0.434. The van der Waals surface area contributed by atoms with Crippen LogP contribution in [0.25, 0.3) is 0 Å². The number of hydrogen-bond donors (Lipinski definition) is 3. The Bertz CT molecular complexity index is 847. The van der Waals surface area contributed by atoms with Gasteiger partial charge in [0.15, 0.2) is 6.10 Å². The molecule has 0 unspecified atom stereocenters. The molecule has 1 atom stereocenters. The molecule has 30 heavy (non-hydrogen) atoms. The first-order valence-electron chi connectivity index (χ1n) is 9.64. The molecule has 0 saturated carbocycles. The number of imide groups is 1. The van der Waals surface area contributed by atoms with E-state index in [1.54, 1.807) is 38.1 Å². The molecule has 0 spiro atoms. The van der Waals surface area contributed by atoms with Gasteiger partial charge in [0.25, 0.3) is 11.8 Å². The maximum absolute atomic E-state index is 12.5. The molecule has 0 radical (unpaired) electrons. The number of carbonyl (C=O) groups is 5. The molecule has 1 heterocycles. The van der Waals surface area contributed by atoms with E-state index >= 15 is 0 Å². The molecule has 0 aliphatic carbocycles. The molecule has 1 fully saturated rings. The molecule has 1 aliphatic rings. The van der Waals surface area contributed by atoms with Crippen LogP contribution in [0.15, 0.2) is 24.3 Å². The van der Waals surface area contributed by atoms with Crippen LogP contribution >= 0.6 is 0 Å². The number of nitrogens with zero attached hydrogens (tertiary/aromatic N) is 1. The van der Waals surface area contributed by atoms with Gasteiger partial charge in [-0.1, -0.05) is 13.8 Å². The van der Waals surface area contributed by atoms with E-state index in [0.29, 0.717) is 24.2 Å². The first-order chi connectivity index (χ1) is 14.1. The summed E-state index contributed by atoms with van der Waals surface area (Å²) in [6.45, 7) is 5.75. The van der Waals surface area contributed by atoms with Gasteiger partial charge >= 0.3 is 12.0 Å². The molecule has 5 amide bonds. The lowest BCUT2D eigenvalue weighted by atomic mass is 9.93. The molecule has 1 aliphatic heterocycles. The maximum atomic E-state index is 12.5. The van der Waals surface area contributed by atoms with Gasteiger partial charge < -0.3 is 20.7 Å². The summed E-state index contributed by atoms with van der Waals surface area (Å²) in [4.78, 5) is 60.9. The largest absolute Gasteiger partial charge is 0.451 e. The number of nitrogens with one attached hydrogen (secondary N) is 3. The highest BCUT2D eigenvalue weighted by Gasteiger charge is 2.49. The first-order valence-corrected chi connectivity index (χ1v) is 9.64. The van der Waals surface area contributed by atoms with E-state index in [2.05, 4.69) is 16.0 Å². The SMILES string of the molecule is CCC1(CC)NC(=O)N(CC(=O)O[C@@H](C)C(=O)Nc2ccc(NC(C)=O)cc2)C1=O. The lowest BCUT2D eigenvalue weighted by Gasteiger charge is -2.23. The zero-order valence-electron chi connectivity index (χ0n) is 17.4. The van der Waals surface area contributed by atoms with E-state index < -0.39 is 42.0 Å². The van der Waals surface area contributed by atoms with E-state index in [-0.39, 0.29) is 5.91 Å². The summed E-state index contributed by atoms with van der Waals surface area (Å²) in [6, 6.07) is 5.73. The summed E-state index contributed by atoms with van der Waals surface area (Å²) in [7, 11) is 0. The topological polar surface area (TPSA) is 134 Å². The Kier molecular flexibility index (Phi) is 7.14. The third-order valence-corrected chi connectivity index (χ3v) is 4.89. The molecule has 3 N–H and O–H groups in total. The van der Waals surface area contributed by atoms with Gasteiger partial charge in [-0.3, -0.25) is 24.1 Å². The monoisotopic (exact) mass is 418 g/mol. The third-order valence-electron chi connectivity index (χ3n) is 4.89. The lowest BCUT2D eigenvalue weighted by molar-refractivity contribution is -0.155. The number of carbonyl (C=O) groups excluding carboxylic acids is 5. The van der Waals surface area contributed by atoms with Gasteiger partial charge in [0.2, 0.25) is 5.91 Å². The highest BCUT2D eigenvalue weighted by molar-refractivity contribution is 6.08. The van der Waals surface area contributed by atoms with Crippen molar-refractivity contribution in [3.63, 3.8) is 0 Å². The Morgan fingerprint density at radius 1 is 1.07 bits per heavy atom. The molecule has 1 aromatic rings. The van der Waals surface area contributed by atoms with Gasteiger partial charge in [0.05, 0.1) is 0 Å². The van der Waals surface area contributed by atoms with Crippen molar-refractivity contribution in [2.24, 2.45) is 0 Å². The van der Waals surface area contributed by atoms with Gasteiger partial charge in [0, 0.05) is 18.3 Å². The van der Waals surface area contributed by atoms with E-state index in [9.17, 15) is 24.0 Å². The molecule has 0 aromatic heterocycles. The summed E-state index contributed by atoms with van der Waals surface area (Å²) >= 11 is 0. The summed E-state index contributed by atoms with van der Waals surface area (Å²) in [5.41, 5.74) is 0.00886. The average molecular weight is 418 g/mol. The Morgan fingerprint density at radius 3 is 2.07 bits per heavy atom. The molecule has 2 rings (SSSR count). The van der Waals surface area contributed by atoms with E-state index in [1.165, 1.54) is 13.8 Å². The minimum absolute atomic E-state index is 0.215. The van der Waals surface area contributed by atoms with Gasteiger partial charge in [-0.15, -0.1) is 0 Å². The van der Waals surface area contributed by atoms with Gasteiger partial charge in [-0.05, 0) is 44.0 Å². The highest BCUT2D eigenvalue weighted by Crippen LogP contribution is 2.24. The smallest absolute Gasteiger partial charge is 0.327 e. The van der Waals surface area contributed by atoms with Crippen LogP contribution in [0.1, 0.15) is 40.5 Å². The normalized spacial score (nSPS) is 15.9. The van der Waals surface area contributed by atoms with Crippen molar-refractivity contribution in [1.29, 1.82) is 0 Å². The maximum Gasteiger partial charge on any atom is 0.327 e. The lowest BCUT2D eigenvalue weighted by Crippen LogP contribution is -2.46. The number of anilines is 2. The fraction of sp³-hybridized carbons (Fsp3) is 0.450.